The number of amides is 1. The van der Waals surface area contributed by atoms with E-state index < -0.39 is 0 Å². The molecule has 0 radical (unpaired) electrons. The number of H-pyrrole nitrogens is 1. The second-order valence-electron chi connectivity index (χ2n) is 5.59. The molecule has 1 atom stereocenters. The van der Waals surface area contributed by atoms with E-state index in [0.29, 0.717) is 12.5 Å². The van der Waals surface area contributed by atoms with Crippen molar-refractivity contribution in [2.24, 2.45) is 0 Å². The Kier molecular flexibility index (Phi) is 12.9. The van der Waals surface area contributed by atoms with Gasteiger partial charge < -0.3 is 20.0 Å². The molecule has 5 heteroatoms. The molecule has 0 spiro atoms. The molecule has 5 nitrogen and oxygen atoms in total. The lowest BCUT2D eigenvalue weighted by Gasteiger charge is -2.12. The number of benzene rings is 1. The van der Waals surface area contributed by atoms with Crippen LogP contribution in [-0.2, 0) is 16.0 Å². The molecule has 2 N–H and O–H groups in total. The summed E-state index contributed by atoms with van der Waals surface area (Å²) in [7, 11) is 2.09. The second kappa shape index (κ2) is 14.1. The monoisotopic (exact) mass is 361 g/mol. The van der Waals surface area contributed by atoms with Crippen molar-refractivity contribution in [1.82, 2.24) is 15.2 Å². The van der Waals surface area contributed by atoms with Crippen LogP contribution in [0.2, 0.25) is 0 Å². The van der Waals surface area contributed by atoms with Crippen molar-refractivity contribution in [2.75, 3.05) is 20.1 Å². The van der Waals surface area contributed by atoms with E-state index in [4.69, 9.17) is 4.79 Å². The summed E-state index contributed by atoms with van der Waals surface area (Å²) in [5.41, 5.74) is 2.16. The highest BCUT2D eigenvalue weighted by molar-refractivity contribution is 5.88. The zero-order chi connectivity index (χ0) is 19.9. The molecule has 1 aromatic heterocycles. The third-order valence-corrected chi connectivity index (χ3v) is 3.78. The summed E-state index contributed by atoms with van der Waals surface area (Å²) in [6.07, 6.45) is 4.19. The number of fused-ring (bicyclic) bond motifs is 1. The molecule has 1 saturated heterocycles. The van der Waals surface area contributed by atoms with Gasteiger partial charge in [-0.25, -0.2) is 0 Å². The van der Waals surface area contributed by atoms with Crippen molar-refractivity contribution in [3.05, 3.63) is 36.0 Å². The van der Waals surface area contributed by atoms with E-state index in [0.717, 1.165) is 42.3 Å². The number of nitrogens with zero attached hydrogens (tertiary/aromatic N) is 1. The number of likely N-dealkylation sites (tertiary alicyclic amines) is 1. The SMILES string of the molecule is CC.CC.CC=O.CN1CC[C@@H](NC(=O)Cc2c[nH]c3ccccc23)C1. The van der Waals surface area contributed by atoms with Crippen molar-refractivity contribution in [2.45, 2.75) is 53.5 Å². The zero-order valence-corrected chi connectivity index (χ0v) is 17.1. The number of hydrogen-bond acceptors (Lipinski definition) is 3. The molecule has 1 aliphatic rings. The maximum Gasteiger partial charge on any atom is 0.224 e. The quantitative estimate of drug-likeness (QED) is 0.818. The number of aldehydes is 1. The van der Waals surface area contributed by atoms with Crippen LogP contribution in [0.15, 0.2) is 30.5 Å². The van der Waals surface area contributed by atoms with E-state index in [9.17, 15) is 4.79 Å². The highest BCUT2D eigenvalue weighted by Gasteiger charge is 2.21. The van der Waals surface area contributed by atoms with E-state index in [1.54, 1.807) is 0 Å². The fourth-order valence-electron chi connectivity index (χ4n) is 2.78. The number of rotatable bonds is 3. The van der Waals surface area contributed by atoms with Gasteiger partial charge in [-0.2, -0.15) is 0 Å². The van der Waals surface area contributed by atoms with Gasteiger partial charge in [0.2, 0.25) is 5.91 Å². The molecule has 1 amide bonds. The molecule has 146 valence electrons. The molecule has 3 rings (SSSR count). The normalized spacial score (nSPS) is 15.5. The van der Waals surface area contributed by atoms with Crippen LogP contribution in [0, 0.1) is 0 Å². The van der Waals surface area contributed by atoms with Gasteiger partial charge in [-0.15, -0.1) is 0 Å². The average molecular weight is 362 g/mol. The van der Waals surface area contributed by atoms with E-state index in [1.807, 2.05) is 52.1 Å². The molecule has 2 heterocycles. The summed E-state index contributed by atoms with van der Waals surface area (Å²) in [6.45, 7) is 11.5. The number of hydrogen-bond donors (Lipinski definition) is 2. The van der Waals surface area contributed by atoms with Gasteiger partial charge in [-0.3, -0.25) is 4.79 Å². The lowest BCUT2D eigenvalue weighted by Crippen LogP contribution is -2.37. The molecule has 1 aromatic carbocycles. The summed E-state index contributed by atoms with van der Waals surface area (Å²) >= 11 is 0. The average Bonchev–Trinajstić information content (AvgIpc) is 3.26. The number of aromatic amines is 1. The topological polar surface area (TPSA) is 65.2 Å². The van der Waals surface area contributed by atoms with Crippen LogP contribution < -0.4 is 5.32 Å². The van der Waals surface area contributed by atoms with Crippen molar-refractivity contribution < 1.29 is 9.59 Å². The van der Waals surface area contributed by atoms with Gasteiger partial charge in [0.15, 0.2) is 0 Å². The molecule has 0 bridgehead atoms. The molecule has 0 unspecified atom stereocenters. The number of aromatic nitrogens is 1. The molecule has 1 aliphatic heterocycles. The molecule has 0 saturated carbocycles. The van der Waals surface area contributed by atoms with Crippen molar-refractivity contribution in [3.63, 3.8) is 0 Å². The minimum absolute atomic E-state index is 0.116. The van der Waals surface area contributed by atoms with Crippen LogP contribution in [-0.4, -0.2) is 48.3 Å². The fraction of sp³-hybridized carbons (Fsp3) is 0.524. The number of nitrogens with one attached hydrogen (secondary N) is 2. The second-order valence-corrected chi connectivity index (χ2v) is 5.59. The number of likely N-dealkylation sites (N-methyl/N-ethyl adjacent to an activating group) is 1. The lowest BCUT2D eigenvalue weighted by atomic mass is 10.1. The summed E-state index contributed by atoms with van der Waals surface area (Å²) < 4.78 is 0. The Morgan fingerprint density at radius 2 is 1.88 bits per heavy atom. The Balaban J connectivity index is 0.000000793. The van der Waals surface area contributed by atoms with Crippen LogP contribution in [0.25, 0.3) is 10.9 Å². The third kappa shape index (κ3) is 7.83. The maximum absolute atomic E-state index is 12.1. The Morgan fingerprint density at radius 3 is 2.46 bits per heavy atom. The van der Waals surface area contributed by atoms with Gasteiger partial charge in [0, 0.05) is 29.7 Å². The molecule has 2 aromatic rings. The van der Waals surface area contributed by atoms with Crippen LogP contribution in [0.3, 0.4) is 0 Å². The van der Waals surface area contributed by atoms with E-state index in [1.165, 1.54) is 6.92 Å². The first-order valence-electron chi connectivity index (χ1n) is 9.56. The lowest BCUT2D eigenvalue weighted by molar-refractivity contribution is -0.121. The van der Waals surface area contributed by atoms with E-state index >= 15 is 0 Å². The van der Waals surface area contributed by atoms with Gasteiger partial charge in [0.25, 0.3) is 0 Å². The number of para-hydroxylation sites is 1. The Hall–Kier alpha value is -2.14. The molecule has 0 aliphatic carbocycles. The Labute approximate surface area is 158 Å². The Morgan fingerprint density at radius 1 is 1.27 bits per heavy atom. The summed E-state index contributed by atoms with van der Waals surface area (Å²) in [5.74, 6) is 0.116. The van der Waals surface area contributed by atoms with Crippen LogP contribution in [0.5, 0.6) is 0 Å². The van der Waals surface area contributed by atoms with Gasteiger partial charge in [-0.05, 0) is 38.6 Å². The summed E-state index contributed by atoms with van der Waals surface area (Å²) in [6, 6.07) is 8.39. The summed E-state index contributed by atoms with van der Waals surface area (Å²) in [5, 5.41) is 4.26. The fourth-order valence-corrected chi connectivity index (χ4v) is 2.78. The smallest absolute Gasteiger partial charge is 0.224 e. The standard InChI is InChI=1S/C15H19N3O.C2H4O.2C2H6/c1-18-7-6-12(10-18)17-15(19)8-11-9-16-14-5-3-2-4-13(11)14;1-2-3;2*1-2/h2-5,9,12,16H,6-8,10H2,1H3,(H,17,19);2H,1H3;2*1-2H3/t12-;;;/m1.../s1. The number of carbonyl (C=O) groups excluding carboxylic acids is 2. The highest BCUT2D eigenvalue weighted by atomic mass is 16.1. The largest absolute Gasteiger partial charge is 0.361 e. The minimum atomic E-state index is 0.116. The molecular weight excluding hydrogens is 326 g/mol. The van der Waals surface area contributed by atoms with Crippen LogP contribution in [0.4, 0.5) is 0 Å². The maximum atomic E-state index is 12.1. The predicted octanol–water partition coefficient (Wildman–Crippen LogP) is 3.79. The van der Waals surface area contributed by atoms with Crippen molar-refractivity contribution in [3.8, 4) is 0 Å². The predicted molar refractivity (Wildman–Crippen MR) is 110 cm³/mol. The van der Waals surface area contributed by atoms with E-state index in [-0.39, 0.29) is 5.91 Å². The highest BCUT2D eigenvalue weighted by Crippen LogP contribution is 2.18. The van der Waals surface area contributed by atoms with Gasteiger partial charge >= 0.3 is 0 Å². The zero-order valence-electron chi connectivity index (χ0n) is 17.1. The van der Waals surface area contributed by atoms with Gasteiger partial charge in [0.05, 0.1) is 6.42 Å². The molecule has 26 heavy (non-hydrogen) atoms. The molecular formula is C21H35N3O2. The first-order valence-corrected chi connectivity index (χ1v) is 9.56. The number of carbonyl (C=O) groups is 2. The van der Waals surface area contributed by atoms with E-state index in [2.05, 4.69) is 28.3 Å². The van der Waals surface area contributed by atoms with Crippen molar-refractivity contribution in [1.29, 1.82) is 0 Å². The third-order valence-electron chi connectivity index (χ3n) is 3.78. The Bertz CT molecular complexity index is 637. The van der Waals surface area contributed by atoms with Gasteiger partial charge in [-0.1, -0.05) is 45.9 Å². The first-order chi connectivity index (χ1) is 12.6. The van der Waals surface area contributed by atoms with Crippen LogP contribution >= 0.6 is 0 Å². The van der Waals surface area contributed by atoms with Gasteiger partial charge in [0.1, 0.15) is 6.29 Å². The molecule has 1 fully saturated rings. The van der Waals surface area contributed by atoms with Crippen LogP contribution in [0.1, 0.15) is 46.6 Å². The first kappa shape index (κ1) is 23.9. The van der Waals surface area contributed by atoms with Crippen molar-refractivity contribution >= 4 is 23.1 Å². The minimum Gasteiger partial charge on any atom is -0.361 e. The summed E-state index contributed by atoms with van der Waals surface area (Å²) in [4.78, 5) is 26.3.